The molecule has 1 aliphatic rings. The number of hydrogen-bond acceptors (Lipinski definition) is 3. The number of aromatic nitrogens is 2. The first kappa shape index (κ1) is 12.1. The van der Waals surface area contributed by atoms with Crippen LogP contribution >= 0.6 is 0 Å². The summed E-state index contributed by atoms with van der Waals surface area (Å²) >= 11 is 0. The zero-order valence-corrected chi connectivity index (χ0v) is 10.5. The number of imidazole rings is 1. The van der Waals surface area contributed by atoms with Crippen LogP contribution in [0, 0.1) is 0 Å². The Hall–Kier alpha value is -1.36. The topological polar surface area (TPSA) is 64.2 Å². The molecule has 1 fully saturated rings. The lowest BCUT2D eigenvalue weighted by molar-refractivity contribution is -0.132. The Morgan fingerprint density at radius 1 is 1.71 bits per heavy atom. The number of aryl methyl sites for hydroxylation is 1. The highest BCUT2D eigenvalue weighted by Crippen LogP contribution is 2.28. The minimum Gasteiger partial charge on any atom is -0.337 e. The number of rotatable bonds is 5. The summed E-state index contributed by atoms with van der Waals surface area (Å²) in [6, 6.07) is 0.322. The first-order chi connectivity index (χ1) is 8.08. The predicted molar refractivity (Wildman–Crippen MR) is 65.0 cm³/mol. The number of carbonyl (C=O) groups excluding carboxylic acids is 1. The first-order valence-electron chi connectivity index (χ1n) is 6.09. The van der Waals surface area contributed by atoms with Crippen LogP contribution in [0.2, 0.25) is 0 Å². The Bertz CT molecular complexity index is 395. The maximum Gasteiger partial charge on any atom is 0.224 e. The maximum absolute atomic E-state index is 12.1. The van der Waals surface area contributed by atoms with E-state index >= 15 is 0 Å². The molecule has 0 bridgehead atoms. The Morgan fingerprint density at radius 3 is 2.88 bits per heavy atom. The number of hydrogen-bond donors (Lipinski definition) is 1. The van der Waals surface area contributed by atoms with Gasteiger partial charge in [-0.05, 0) is 19.8 Å². The Kier molecular flexibility index (Phi) is 3.47. The van der Waals surface area contributed by atoms with Crippen molar-refractivity contribution in [1.29, 1.82) is 0 Å². The molecule has 17 heavy (non-hydrogen) atoms. The van der Waals surface area contributed by atoms with Crippen molar-refractivity contribution in [3.63, 3.8) is 0 Å². The van der Waals surface area contributed by atoms with E-state index in [0.29, 0.717) is 19.0 Å². The normalized spacial score (nSPS) is 16.9. The summed E-state index contributed by atoms with van der Waals surface area (Å²) in [4.78, 5) is 18.3. The third kappa shape index (κ3) is 3.06. The summed E-state index contributed by atoms with van der Waals surface area (Å²) in [5.41, 5.74) is 5.69. The third-order valence-corrected chi connectivity index (χ3v) is 3.04. The fraction of sp³-hybridized carbons (Fsp3) is 0.667. The molecule has 0 aromatic carbocycles. The van der Waals surface area contributed by atoms with Crippen molar-refractivity contribution in [1.82, 2.24) is 14.5 Å². The first-order valence-corrected chi connectivity index (χ1v) is 6.09. The van der Waals surface area contributed by atoms with Crippen molar-refractivity contribution in [2.75, 3.05) is 0 Å². The molecule has 1 amide bonds. The van der Waals surface area contributed by atoms with Crippen molar-refractivity contribution >= 4 is 5.91 Å². The molecule has 0 saturated heterocycles. The van der Waals surface area contributed by atoms with Gasteiger partial charge in [0.25, 0.3) is 0 Å². The number of nitrogens with zero attached hydrogens (tertiary/aromatic N) is 3. The molecule has 0 radical (unpaired) electrons. The molecule has 1 saturated carbocycles. The Balaban J connectivity index is 2.03. The van der Waals surface area contributed by atoms with Crippen LogP contribution in [-0.4, -0.2) is 32.4 Å². The van der Waals surface area contributed by atoms with Crippen molar-refractivity contribution in [2.45, 2.75) is 44.8 Å². The fourth-order valence-corrected chi connectivity index (χ4v) is 1.90. The maximum atomic E-state index is 12.1. The van der Waals surface area contributed by atoms with Crippen LogP contribution in [0.15, 0.2) is 12.4 Å². The lowest BCUT2D eigenvalue weighted by Crippen LogP contribution is -2.36. The third-order valence-electron chi connectivity index (χ3n) is 3.04. The van der Waals surface area contributed by atoms with E-state index in [1.807, 2.05) is 29.6 Å². The highest BCUT2D eigenvalue weighted by molar-refractivity contribution is 5.77. The van der Waals surface area contributed by atoms with Crippen LogP contribution in [0.3, 0.4) is 0 Å². The quantitative estimate of drug-likeness (QED) is 0.816. The predicted octanol–water partition coefficient (Wildman–Crippen LogP) is 0.648. The van der Waals surface area contributed by atoms with Crippen LogP contribution < -0.4 is 5.73 Å². The number of amides is 1. The average Bonchev–Trinajstić information content (AvgIpc) is 2.99. The molecule has 1 atom stereocenters. The zero-order valence-electron chi connectivity index (χ0n) is 10.5. The summed E-state index contributed by atoms with van der Waals surface area (Å²) < 4.78 is 1.95. The van der Waals surface area contributed by atoms with Gasteiger partial charge in [-0.3, -0.25) is 4.79 Å². The van der Waals surface area contributed by atoms with Gasteiger partial charge in [-0.1, -0.05) is 0 Å². The molecule has 1 aromatic heterocycles. The van der Waals surface area contributed by atoms with E-state index in [4.69, 9.17) is 5.73 Å². The van der Waals surface area contributed by atoms with Crippen molar-refractivity contribution < 1.29 is 4.79 Å². The van der Waals surface area contributed by atoms with Crippen LogP contribution in [0.25, 0.3) is 0 Å². The van der Waals surface area contributed by atoms with Gasteiger partial charge in [0.2, 0.25) is 5.91 Å². The van der Waals surface area contributed by atoms with E-state index in [2.05, 4.69) is 4.98 Å². The van der Waals surface area contributed by atoms with Gasteiger partial charge in [-0.2, -0.15) is 0 Å². The van der Waals surface area contributed by atoms with E-state index in [1.165, 1.54) is 0 Å². The Labute approximate surface area is 102 Å². The molecule has 1 aliphatic carbocycles. The van der Waals surface area contributed by atoms with Gasteiger partial charge in [-0.25, -0.2) is 4.98 Å². The molecule has 1 aromatic rings. The molecule has 1 unspecified atom stereocenters. The highest BCUT2D eigenvalue weighted by atomic mass is 16.2. The zero-order chi connectivity index (χ0) is 12.4. The SMILES string of the molecule is CC(N)CC(=O)N(Cc1nccn1C)C1CC1. The van der Waals surface area contributed by atoms with Crippen molar-refractivity contribution in [3.8, 4) is 0 Å². The van der Waals surface area contributed by atoms with Gasteiger partial charge in [-0.15, -0.1) is 0 Å². The van der Waals surface area contributed by atoms with Crippen molar-refractivity contribution in [2.24, 2.45) is 12.8 Å². The van der Waals surface area contributed by atoms with Gasteiger partial charge in [0.05, 0.1) is 6.54 Å². The minimum absolute atomic E-state index is 0.0786. The summed E-state index contributed by atoms with van der Waals surface area (Å²) in [6.45, 7) is 2.46. The molecular weight excluding hydrogens is 216 g/mol. The van der Waals surface area contributed by atoms with Crippen LogP contribution in [0.4, 0.5) is 0 Å². The second-order valence-electron chi connectivity index (χ2n) is 4.89. The van der Waals surface area contributed by atoms with Crippen LogP contribution in [0.5, 0.6) is 0 Å². The van der Waals surface area contributed by atoms with E-state index < -0.39 is 0 Å². The molecule has 2 rings (SSSR count). The van der Waals surface area contributed by atoms with Gasteiger partial charge in [0.1, 0.15) is 5.82 Å². The molecule has 94 valence electrons. The molecule has 5 heteroatoms. The largest absolute Gasteiger partial charge is 0.337 e. The van der Waals surface area contributed by atoms with E-state index in [0.717, 1.165) is 18.7 Å². The smallest absolute Gasteiger partial charge is 0.224 e. The van der Waals surface area contributed by atoms with E-state index in [-0.39, 0.29) is 11.9 Å². The minimum atomic E-state index is -0.0786. The van der Waals surface area contributed by atoms with Gasteiger partial charge in [0, 0.05) is 37.9 Å². The van der Waals surface area contributed by atoms with Crippen molar-refractivity contribution in [3.05, 3.63) is 18.2 Å². The van der Waals surface area contributed by atoms with Crippen LogP contribution in [-0.2, 0) is 18.4 Å². The van der Waals surface area contributed by atoms with E-state index in [9.17, 15) is 4.79 Å². The Morgan fingerprint density at radius 2 is 2.41 bits per heavy atom. The molecule has 1 heterocycles. The summed E-state index contributed by atoms with van der Waals surface area (Å²) in [6.07, 6.45) is 6.29. The average molecular weight is 236 g/mol. The number of carbonyl (C=O) groups is 1. The highest BCUT2D eigenvalue weighted by Gasteiger charge is 2.33. The molecule has 0 aliphatic heterocycles. The van der Waals surface area contributed by atoms with Gasteiger partial charge >= 0.3 is 0 Å². The lowest BCUT2D eigenvalue weighted by atomic mass is 10.2. The molecule has 5 nitrogen and oxygen atoms in total. The summed E-state index contributed by atoms with van der Waals surface area (Å²) in [5, 5.41) is 0. The fourth-order valence-electron chi connectivity index (χ4n) is 1.90. The van der Waals surface area contributed by atoms with E-state index in [1.54, 1.807) is 6.20 Å². The summed E-state index contributed by atoms with van der Waals surface area (Å²) in [5.74, 6) is 1.07. The second kappa shape index (κ2) is 4.87. The molecule has 0 spiro atoms. The van der Waals surface area contributed by atoms with Gasteiger partial charge < -0.3 is 15.2 Å². The molecular formula is C12H20N4O. The second-order valence-corrected chi connectivity index (χ2v) is 4.89. The summed E-state index contributed by atoms with van der Waals surface area (Å²) in [7, 11) is 1.95. The lowest BCUT2D eigenvalue weighted by Gasteiger charge is -2.23. The number of nitrogens with two attached hydrogens (primary N) is 1. The monoisotopic (exact) mass is 236 g/mol. The van der Waals surface area contributed by atoms with Gasteiger partial charge in [0.15, 0.2) is 0 Å². The molecule has 2 N–H and O–H groups in total. The van der Waals surface area contributed by atoms with Crippen LogP contribution in [0.1, 0.15) is 32.0 Å². The standard InChI is InChI=1S/C12H20N4O/c1-9(13)7-12(17)16(10-3-4-10)8-11-14-5-6-15(11)2/h5-6,9-10H,3-4,7-8,13H2,1-2H3.